The second kappa shape index (κ2) is 8.89. The van der Waals surface area contributed by atoms with Gasteiger partial charge in [-0.05, 0) is 51.4 Å². The Labute approximate surface area is 184 Å². The number of aliphatic carboxylic acids is 1. The van der Waals surface area contributed by atoms with Crippen LogP contribution in [0.2, 0.25) is 0 Å². The molecule has 2 N–H and O–H groups in total. The second-order valence-corrected chi connectivity index (χ2v) is 7.52. The van der Waals surface area contributed by atoms with Crippen LogP contribution in [0.4, 0.5) is 0 Å². The number of fused-ring (bicyclic) bond motifs is 2. The molecule has 0 aliphatic heterocycles. The molecule has 0 spiro atoms. The molecule has 160 valence electrons. The minimum atomic E-state index is -1.10. The number of carbonyl (C=O) groups is 3. The minimum absolute atomic E-state index is 0.169. The summed E-state index contributed by atoms with van der Waals surface area (Å²) < 4.78 is 4.73. The Kier molecular flexibility index (Phi) is 5.85. The highest BCUT2D eigenvalue weighted by atomic mass is 16.5. The van der Waals surface area contributed by atoms with Crippen molar-refractivity contribution in [1.29, 1.82) is 0 Å². The summed E-state index contributed by atoms with van der Waals surface area (Å²) in [5, 5.41) is 15.9. The van der Waals surface area contributed by atoms with Gasteiger partial charge in [-0.25, -0.2) is 9.59 Å². The average Bonchev–Trinajstić information content (AvgIpc) is 2.82. The number of nitrogens with one attached hydrogen (secondary N) is 1. The second-order valence-electron chi connectivity index (χ2n) is 7.52. The smallest absolute Gasteiger partial charge is 0.337 e. The van der Waals surface area contributed by atoms with Crippen LogP contribution in [0.15, 0.2) is 78.9 Å². The van der Waals surface area contributed by atoms with Crippen molar-refractivity contribution in [2.75, 3.05) is 7.11 Å². The Hall–Kier alpha value is -4.19. The lowest BCUT2D eigenvalue weighted by Crippen LogP contribution is -2.42. The van der Waals surface area contributed by atoms with Gasteiger partial charge >= 0.3 is 11.9 Å². The molecular formula is C26H21NO5. The summed E-state index contributed by atoms with van der Waals surface area (Å²) in [7, 11) is 1.32. The summed E-state index contributed by atoms with van der Waals surface area (Å²) in [4.78, 5) is 36.3. The maximum atomic E-state index is 12.8. The van der Waals surface area contributed by atoms with Crippen LogP contribution >= 0.6 is 0 Å². The van der Waals surface area contributed by atoms with Gasteiger partial charge in [0.15, 0.2) is 0 Å². The van der Waals surface area contributed by atoms with Gasteiger partial charge in [-0.2, -0.15) is 0 Å². The van der Waals surface area contributed by atoms with E-state index in [-0.39, 0.29) is 6.42 Å². The van der Waals surface area contributed by atoms with Crippen LogP contribution in [-0.2, 0) is 16.0 Å². The zero-order chi connectivity index (χ0) is 22.7. The van der Waals surface area contributed by atoms with E-state index >= 15 is 0 Å². The Morgan fingerprint density at radius 2 is 1.41 bits per heavy atom. The third kappa shape index (κ3) is 4.44. The maximum absolute atomic E-state index is 12.8. The fourth-order valence-corrected chi connectivity index (χ4v) is 3.67. The molecular weight excluding hydrogens is 406 g/mol. The third-order valence-electron chi connectivity index (χ3n) is 5.38. The summed E-state index contributed by atoms with van der Waals surface area (Å²) in [6.07, 6.45) is 0.169. The molecule has 0 bridgehead atoms. The summed E-state index contributed by atoms with van der Waals surface area (Å²) >= 11 is 0. The van der Waals surface area contributed by atoms with Gasteiger partial charge < -0.3 is 15.2 Å². The molecule has 0 saturated carbocycles. The maximum Gasteiger partial charge on any atom is 0.337 e. The van der Waals surface area contributed by atoms with Gasteiger partial charge in [0, 0.05) is 12.0 Å². The first-order valence-corrected chi connectivity index (χ1v) is 10.1. The molecule has 0 aromatic heterocycles. The number of amides is 1. The lowest BCUT2D eigenvalue weighted by atomic mass is 10.0. The van der Waals surface area contributed by atoms with Crippen molar-refractivity contribution in [1.82, 2.24) is 5.32 Å². The Balaban J connectivity index is 1.53. The van der Waals surface area contributed by atoms with E-state index in [1.54, 1.807) is 36.4 Å². The molecule has 0 unspecified atom stereocenters. The van der Waals surface area contributed by atoms with E-state index in [2.05, 4.69) is 5.32 Å². The molecule has 6 nitrogen and oxygen atoms in total. The fraction of sp³-hybridized carbons (Fsp3) is 0.115. The third-order valence-corrected chi connectivity index (χ3v) is 5.38. The SMILES string of the molecule is COC(=O)c1ccc2cc(C(=O)N[C@H](Cc3ccc4ccccc4c3)C(=O)O)ccc2c1. The standard InChI is InChI=1S/C26H21NO5/c1-32-26(31)22-11-9-19-14-21(10-8-20(19)15-22)24(28)27-23(25(29)30)13-16-6-7-17-4-2-3-5-18(17)12-16/h2-12,14-15,23H,13H2,1H3,(H,27,28)(H,29,30)/t23-/m1/s1. The van der Waals surface area contributed by atoms with E-state index in [0.29, 0.717) is 11.1 Å². The quantitative estimate of drug-likeness (QED) is 0.450. The van der Waals surface area contributed by atoms with Crippen LogP contribution in [0.5, 0.6) is 0 Å². The van der Waals surface area contributed by atoms with Gasteiger partial charge in [0.05, 0.1) is 12.7 Å². The van der Waals surface area contributed by atoms with E-state index in [0.717, 1.165) is 27.1 Å². The van der Waals surface area contributed by atoms with Gasteiger partial charge in [0.2, 0.25) is 0 Å². The zero-order valence-electron chi connectivity index (χ0n) is 17.4. The zero-order valence-corrected chi connectivity index (χ0v) is 17.4. The number of carboxylic acids is 1. The first kappa shape index (κ1) is 21.1. The topological polar surface area (TPSA) is 92.7 Å². The Bertz CT molecular complexity index is 1340. The van der Waals surface area contributed by atoms with Crippen molar-refractivity contribution in [2.24, 2.45) is 0 Å². The van der Waals surface area contributed by atoms with Crippen molar-refractivity contribution in [3.63, 3.8) is 0 Å². The average molecular weight is 427 g/mol. The van der Waals surface area contributed by atoms with Crippen LogP contribution in [0.25, 0.3) is 21.5 Å². The number of methoxy groups -OCH3 is 1. The van der Waals surface area contributed by atoms with Crippen LogP contribution in [-0.4, -0.2) is 36.1 Å². The lowest BCUT2D eigenvalue weighted by Gasteiger charge is -2.15. The number of carbonyl (C=O) groups excluding carboxylic acids is 2. The summed E-state index contributed by atoms with van der Waals surface area (Å²) in [5.74, 6) is -2.01. The number of esters is 1. The van der Waals surface area contributed by atoms with Crippen molar-refractivity contribution in [3.05, 3.63) is 95.6 Å². The van der Waals surface area contributed by atoms with Crippen LogP contribution in [0.3, 0.4) is 0 Å². The summed E-state index contributed by atoms with van der Waals surface area (Å²) in [5.41, 5.74) is 1.58. The number of hydrogen-bond acceptors (Lipinski definition) is 4. The number of carboxylic acid groups (broad SMARTS) is 1. The largest absolute Gasteiger partial charge is 0.480 e. The molecule has 0 heterocycles. The fourth-order valence-electron chi connectivity index (χ4n) is 3.67. The molecule has 0 radical (unpaired) electrons. The predicted octanol–water partition coefficient (Wildman–Crippen LogP) is 4.21. The number of ether oxygens (including phenoxy) is 1. The molecule has 1 atom stereocenters. The van der Waals surface area contributed by atoms with Crippen LogP contribution in [0.1, 0.15) is 26.3 Å². The molecule has 0 fully saturated rings. The molecule has 4 aromatic rings. The predicted molar refractivity (Wildman–Crippen MR) is 122 cm³/mol. The molecule has 0 saturated heterocycles. The Morgan fingerprint density at radius 3 is 2.09 bits per heavy atom. The normalized spacial score (nSPS) is 11.8. The van der Waals surface area contributed by atoms with E-state index in [4.69, 9.17) is 4.74 Å². The van der Waals surface area contributed by atoms with E-state index in [9.17, 15) is 19.5 Å². The van der Waals surface area contributed by atoms with Gasteiger partial charge in [-0.3, -0.25) is 4.79 Å². The van der Waals surface area contributed by atoms with Gasteiger partial charge in [0.1, 0.15) is 6.04 Å². The van der Waals surface area contributed by atoms with Gasteiger partial charge in [-0.1, -0.05) is 54.6 Å². The first-order valence-electron chi connectivity index (χ1n) is 10.1. The Morgan fingerprint density at radius 1 is 0.812 bits per heavy atom. The van der Waals surface area contributed by atoms with E-state index in [1.807, 2.05) is 42.5 Å². The van der Waals surface area contributed by atoms with Gasteiger partial charge in [0.25, 0.3) is 5.91 Å². The van der Waals surface area contributed by atoms with Gasteiger partial charge in [-0.15, -0.1) is 0 Å². The highest BCUT2D eigenvalue weighted by molar-refractivity contribution is 6.01. The van der Waals surface area contributed by atoms with Crippen molar-refractivity contribution >= 4 is 39.4 Å². The monoisotopic (exact) mass is 427 g/mol. The van der Waals surface area contributed by atoms with Crippen LogP contribution in [0, 0.1) is 0 Å². The summed E-state index contributed by atoms with van der Waals surface area (Å²) in [6, 6.07) is 22.5. The van der Waals surface area contributed by atoms with E-state index < -0.39 is 23.9 Å². The molecule has 6 heteroatoms. The number of rotatable bonds is 6. The highest BCUT2D eigenvalue weighted by Gasteiger charge is 2.21. The molecule has 32 heavy (non-hydrogen) atoms. The number of benzene rings is 4. The van der Waals surface area contributed by atoms with Crippen molar-refractivity contribution in [3.8, 4) is 0 Å². The first-order chi connectivity index (χ1) is 15.4. The van der Waals surface area contributed by atoms with Crippen LogP contribution < -0.4 is 5.32 Å². The number of hydrogen-bond donors (Lipinski definition) is 2. The van der Waals surface area contributed by atoms with Crippen molar-refractivity contribution < 1.29 is 24.2 Å². The molecule has 0 aliphatic rings. The molecule has 1 amide bonds. The van der Waals surface area contributed by atoms with E-state index in [1.165, 1.54) is 7.11 Å². The molecule has 0 aliphatic carbocycles. The summed E-state index contributed by atoms with van der Waals surface area (Å²) in [6.45, 7) is 0. The van der Waals surface area contributed by atoms with Crippen molar-refractivity contribution in [2.45, 2.75) is 12.5 Å². The minimum Gasteiger partial charge on any atom is -0.480 e. The lowest BCUT2D eigenvalue weighted by molar-refractivity contribution is -0.139. The molecule has 4 rings (SSSR count). The highest BCUT2D eigenvalue weighted by Crippen LogP contribution is 2.20. The molecule has 4 aromatic carbocycles.